The minimum Gasteiger partial charge on any atom is -0.463 e. The van der Waals surface area contributed by atoms with Crippen molar-refractivity contribution in [3.63, 3.8) is 0 Å². The zero-order valence-electron chi connectivity index (χ0n) is 23.0. The summed E-state index contributed by atoms with van der Waals surface area (Å²) in [7, 11) is 3.59. The summed E-state index contributed by atoms with van der Waals surface area (Å²) in [6.45, 7) is 3.61. The third-order valence-electron chi connectivity index (χ3n) is 8.17. The molecular formula is C28H35ClFN5O5. The maximum absolute atomic E-state index is 13.6. The second kappa shape index (κ2) is 11.0. The minimum atomic E-state index is -1.06. The highest BCUT2D eigenvalue weighted by atomic mass is 35.5. The molecule has 3 aromatic rings. The predicted octanol–water partition coefficient (Wildman–Crippen LogP) is 4.17. The number of rotatable bonds is 9. The second-order valence-corrected chi connectivity index (χ2v) is 11.3. The second-order valence-electron chi connectivity index (χ2n) is 10.9. The van der Waals surface area contributed by atoms with Crippen LogP contribution in [0.2, 0.25) is 5.02 Å². The fourth-order valence-electron chi connectivity index (χ4n) is 6.44. The van der Waals surface area contributed by atoms with Crippen molar-refractivity contribution >= 4 is 23.3 Å². The molecule has 12 heteroatoms. The molecule has 216 valence electrons. The number of nitrogens with one attached hydrogen (secondary N) is 1. The molecule has 0 saturated heterocycles. The van der Waals surface area contributed by atoms with Crippen LogP contribution in [-0.4, -0.2) is 48.2 Å². The van der Waals surface area contributed by atoms with Gasteiger partial charge in [0.05, 0.1) is 35.0 Å². The van der Waals surface area contributed by atoms with Gasteiger partial charge >= 0.3 is 5.97 Å². The molecule has 0 amide bonds. The minimum absolute atomic E-state index is 0.0286. The lowest BCUT2D eigenvalue weighted by Crippen LogP contribution is -2.26. The first-order valence-electron chi connectivity index (χ1n) is 13.5. The number of ether oxygens (including phenoxy) is 2. The number of anilines is 1. The molecule has 4 atom stereocenters. The van der Waals surface area contributed by atoms with E-state index in [0.717, 1.165) is 18.5 Å². The molecule has 0 radical (unpaired) electrons. The molecule has 2 heterocycles. The number of hydrogen-bond acceptors (Lipinski definition) is 8. The van der Waals surface area contributed by atoms with Gasteiger partial charge in [0.15, 0.2) is 12.3 Å². The van der Waals surface area contributed by atoms with Crippen LogP contribution in [0.1, 0.15) is 68.8 Å². The highest BCUT2D eigenvalue weighted by Crippen LogP contribution is 2.57. The first-order valence-corrected chi connectivity index (χ1v) is 13.9. The van der Waals surface area contributed by atoms with E-state index >= 15 is 0 Å². The van der Waals surface area contributed by atoms with E-state index in [4.69, 9.17) is 21.1 Å². The van der Waals surface area contributed by atoms with Crippen molar-refractivity contribution in [2.24, 2.45) is 25.9 Å². The quantitative estimate of drug-likeness (QED) is 0.257. The molecule has 4 unspecified atom stereocenters. The van der Waals surface area contributed by atoms with Crippen molar-refractivity contribution in [1.82, 2.24) is 19.3 Å². The molecule has 2 aliphatic rings. The summed E-state index contributed by atoms with van der Waals surface area (Å²) in [4.78, 5) is 16.6. The normalized spacial score (nSPS) is 25.4. The Morgan fingerprint density at radius 3 is 2.62 bits per heavy atom. The Morgan fingerprint density at radius 2 is 1.98 bits per heavy atom. The van der Waals surface area contributed by atoms with Crippen LogP contribution in [-0.2, 0) is 29.2 Å². The lowest BCUT2D eigenvalue weighted by atomic mass is 9.90. The van der Waals surface area contributed by atoms with Gasteiger partial charge < -0.3 is 29.6 Å². The molecule has 5 rings (SSSR count). The molecule has 40 heavy (non-hydrogen) atoms. The Hall–Kier alpha value is -3.15. The topological polar surface area (TPSA) is 124 Å². The smallest absolute Gasteiger partial charge is 0.347 e. The van der Waals surface area contributed by atoms with Gasteiger partial charge in [-0.1, -0.05) is 11.6 Å². The van der Waals surface area contributed by atoms with Crippen LogP contribution in [0.25, 0.3) is 0 Å². The van der Waals surface area contributed by atoms with Crippen LogP contribution in [0.4, 0.5) is 10.1 Å². The maximum Gasteiger partial charge on any atom is 0.347 e. The first kappa shape index (κ1) is 28.4. The number of carbonyl (C=O) groups excluding carboxylic acids is 1. The average molecular weight is 576 g/mol. The van der Waals surface area contributed by atoms with Crippen molar-refractivity contribution in [2.45, 2.75) is 63.4 Å². The molecule has 10 nitrogen and oxygen atoms in total. The van der Waals surface area contributed by atoms with E-state index in [-0.39, 0.29) is 35.3 Å². The molecule has 0 aliphatic heterocycles. The van der Waals surface area contributed by atoms with Crippen LogP contribution >= 0.6 is 11.6 Å². The van der Waals surface area contributed by atoms with Crippen LogP contribution in [0.3, 0.4) is 0 Å². The summed E-state index contributed by atoms with van der Waals surface area (Å²) >= 11 is 5.90. The van der Waals surface area contributed by atoms with Crippen molar-refractivity contribution in [1.29, 1.82) is 0 Å². The standard InChI is InChI=1S/C28H35ClFN5O5/c1-5-39-27(37)15(2)40-23-11-22(35(4)33-23)28(38)12-17-8-16(9-18(17)13-28)24-25(34(3)14-31-24)26(36)32-19-6-7-21(30)20(29)10-19/h6-7,10-11,14-18,26,32,36,38H,5,8-9,12-13H2,1-4H3. The third kappa shape index (κ3) is 5.42. The zero-order valence-corrected chi connectivity index (χ0v) is 23.7. The summed E-state index contributed by atoms with van der Waals surface area (Å²) in [5, 5.41) is 30.1. The van der Waals surface area contributed by atoms with Gasteiger partial charge in [0.2, 0.25) is 5.88 Å². The molecule has 0 spiro atoms. The number of benzene rings is 1. The van der Waals surface area contributed by atoms with Crippen LogP contribution in [0.5, 0.6) is 5.88 Å². The number of carbonyl (C=O) groups is 1. The van der Waals surface area contributed by atoms with E-state index in [9.17, 15) is 19.4 Å². The van der Waals surface area contributed by atoms with Crippen LogP contribution < -0.4 is 10.1 Å². The number of nitrogens with zero attached hydrogens (tertiary/aromatic N) is 4. The summed E-state index contributed by atoms with van der Waals surface area (Å²) in [5.41, 5.74) is 1.55. The molecule has 2 fully saturated rings. The highest BCUT2D eigenvalue weighted by molar-refractivity contribution is 6.31. The lowest BCUT2D eigenvalue weighted by molar-refractivity contribution is -0.150. The maximum atomic E-state index is 13.6. The van der Waals surface area contributed by atoms with Gasteiger partial charge in [-0.3, -0.25) is 4.68 Å². The van der Waals surface area contributed by atoms with Gasteiger partial charge in [0.25, 0.3) is 0 Å². The van der Waals surface area contributed by atoms with E-state index in [1.54, 1.807) is 42.5 Å². The van der Waals surface area contributed by atoms with E-state index in [0.29, 0.717) is 29.9 Å². The number of imidazole rings is 1. The number of halogens is 2. The number of aromatic nitrogens is 4. The molecule has 0 bridgehead atoms. The molecule has 2 saturated carbocycles. The first-order chi connectivity index (χ1) is 19.0. The molecule has 1 aromatic carbocycles. The number of aliphatic hydroxyl groups excluding tert-OH is 1. The van der Waals surface area contributed by atoms with Crippen molar-refractivity contribution in [2.75, 3.05) is 11.9 Å². The summed E-state index contributed by atoms with van der Waals surface area (Å²) in [6.07, 6.45) is 2.60. The highest BCUT2D eigenvalue weighted by Gasteiger charge is 2.51. The van der Waals surface area contributed by atoms with Gasteiger partial charge in [-0.25, -0.2) is 14.2 Å². The molecular weight excluding hydrogens is 541 g/mol. The fraction of sp³-hybridized carbons (Fsp3) is 0.536. The Morgan fingerprint density at radius 1 is 1.27 bits per heavy atom. The SMILES string of the molecule is CCOC(=O)C(C)Oc1cc(C2(O)CC3CC(c4ncn(C)c4C(O)Nc4ccc(F)c(Cl)c4)CC3C2)n(C)n1. The average Bonchev–Trinajstić information content (AvgIpc) is 3.63. The summed E-state index contributed by atoms with van der Waals surface area (Å²) < 4.78 is 27.6. The predicted molar refractivity (Wildman–Crippen MR) is 145 cm³/mol. The number of aliphatic hydroxyl groups is 2. The summed E-state index contributed by atoms with van der Waals surface area (Å²) in [5.74, 6) is -0.0671. The van der Waals surface area contributed by atoms with E-state index in [2.05, 4.69) is 15.4 Å². The van der Waals surface area contributed by atoms with Gasteiger partial charge in [-0.05, 0) is 69.6 Å². The number of aryl methyl sites for hydroxylation is 2. The largest absolute Gasteiger partial charge is 0.463 e. The fourth-order valence-corrected chi connectivity index (χ4v) is 6.62. The van der Waals surface area contributed by atoms with Crippen molar-refractivity contribution in [3.05, 3.63) is 58.5 Å². The Labute approximate surface area is 237 Å². The Balaban J connectivity index is 1.26. The molecule has 3 N–H and O–H groups in total. The summed E-state index contributed by atoms with van der Waals surface area (Å²) in [6, 6.07) is 5.91. The monoisotopic (exact) mass is 575 g/mol. The third-order valence-corrected chi connectivity index (χ3v) is 8.46. The molecule has 2 aliphatic carbocycles. The zero-order chi connectivity index (χ0) is 28.8. The van der Waals surface area contributed by atoms with E-state index in [1.807, 2.05) is 7.05 Å². The number of esters is 1. The van der Waals surface area contributed by atoms with Crippen molar-refractivity contribution in [3.8, 4) is 5.88 Å². The van der Waals surface area contributed by atoms with Crippen LogP contribution in [0, 0.1) is 17.7 Å². The van der Waals surface area contributed by atoms with Gasteiger partial charge in [0.1, 0.15) is 11.4 Å². The lowest BCUT2D eigenvalue weighted by Gasteiger charge is -2.25. The van der Waals surface area contributed by atoms with Gasteiger partial charge in [-0.2, -0.15) is 0 Å². The van der Waals surface area contributed by atoms with E-state index < -0.39 is 29.7 Å². The number of hydrogen-bond donors (Lipinski definition) is 3. The van der Waals surface area contributed by atoms with E-state index in [1.165, 1.54) is 18.2 Å². The molecule has 2 aromatic heterocycles. The number of fused-ring (bicyclic) bond motifs is 1. The van der Waals surface area contributed by atoms with Crippen molar-refractivity contribution < 1.29 is 28.9 Å². The van der Waals surface area contributed by atoms with Crippen LogP contribution in [0.15, 0.2) is 30.6 Å². The Kier molecular flexibility index (Phi) is 7.82. The van der Waals surface area contributed by atoms with Gasteiger partial charge in [-0.15, -0.1) is 5.10 Å². The Bertz CT molecular complexity index is 1380. The van der Waals surface area contributed by atoms with Gasteiger partial charge in [0, 0.05) is 31.8 Å².